The van der Waals surface area contributed by atoms with Crippen molar-refractivity contribution in [1.29, 1.82) is 0 Å². The molecule has 0 saturated heterocycles. The zero-order valence-corrected chi connectivity index (χ0v) is 7.57. The molecule has 1 rings (SSSR count). The number of rotatable bonds is 1. The monoisotopic (exact) mass is 211 g/mol. The number of ether oxygens (including phenoxy) is 1. The second-order valence-corrected chi connectivity index (χ2v) is 3.91. The van der Waals surface area contributed by atoms with Crippen LogP contribution in [-0.4, -0.2) is 8.96 Å². The van der Waals surface area contributed by atoms with E-state index in [1.165, 1.54) is 6.20 Å². The standard InChI is InChI=1S/C6H4Cl3NO/c7-6(8,9)11-5-2-1-3-10-4-5/h1-4H. The van der Waals surface area contributed by atoms with Gasteiger partial charge in [-0.05, 0) is 46.9 Å². The van der Waals surface area contributed by atoms with Crippen molar-refractivity contribution in [2.24, 2.45) is 0 Å². The first-order valence-electron chi connectivity index (χ1n) is 2.74. The van der Waals surface area contributed by atoms with E-state index in [2.05, 4.69) is 4.98 Å². The summed E-state index contributed by atoms with van der Waals surface area (Å²) in [6.07, 6.45) is 3.06. The van der Waals surface area contributed by atoms with Crippen LogP contribution in [0, 0.1) is 0 Å². The summed E-state index contributed by atoms with van der Waals surface area (Å²) in [5.74, 6) is 0.424. The Morgan fingerprint density at radius 3 is 2.55 bits per heavy atom. The minimum absolute atomic E-state index is 0.424. The molecule has 0 aliphatic rings. The van der Waals surface area contributed by atoms with E-state index in [9.17, 15) is 0 Å². The molecule has 0 radical (unpaired) electrons. The van der Waals surface area contributed by atoms with Crippen LogP contribution in [0.15, 0.2) is 24.5 Å². The normalized spacial score (nSPS) is 11.2. The molecule has 0 aliphatic heterocycles. The van der Waals surface area contributed by atoms with Gasteiger partial charge in [0.2, 0.25) is 0 Å². The van der Waals surface area contributed by atoms with Crippen LogP contribution in [0.5, 0.6) is 5.75 Å². The number of nitrogens with zero attached hydrogens (tertiary/aromatic N) is 1. The minimum atomic E-state index is -1.72. The lowest BCUT2D eigenvalue weighted by Crippen LogP contribution is -2.12. The van der Waals surface area contributed by atoms with Gasteiger partial charge in [-0.25, -0.2) is 0 Å². The van der Waals surface area contributed by atoms with Crippen molar-refractivity contribution < 1.29 is 4.74 Å². The number of hydrogen-bond donors (Lipinski definition) is 0. The highest BCUT2D eigenvalue weighted by Crippen LogP contribution is 2.29. The summed E-state index contributed by atoms with van der Waals surface area (Å²) in [4.78, 5) is 3.77. The van der Waals surface area contributed by atoms with E-state index in [4.69, 9.17) is 39.5 Å². The first-order chi connectivity index (χ1) is 5.08. The van der Waals surface area contributed by atoms with Crippen molar-refractivity contribution in [3.63, 3.8) is 0 Å². The third-order valence-electron chi connectivity index (χ3n) is 0.868. The maximum absolute atomic E-state index is 5.35. The van der Waals surface area contributed by atoms with Crippen molar-refractivity contribution in [2.45, 2.75) is 3.98 Å². The largest absolute Gasteiger partial charge is 0.444 e. The molecule has 2 nitrogen and oxygen atoms in total. The molecule has 1 aromatic heterocycles. The highest BCUT2D eigenvalue weighted by Gasteiger charge is 2.21. The van der Waals surface area contributed by atoms with Crippen LogP contribution in [0.4, 0.5) is 0 Å². The Kier molecular flexibility index (Phi) is 2.82. The van der Waals surface area contributed by atoms with Crippen molar-refractivity contribution >= 4 is 34.8 Å². The minimum Gasteiger partial charge on any atom is -0.444 e. The fourth-order valence-electron chi connectivity index (χ4n) is 0.541. The Hall–Kier alpha value is -0.180. The Balaban J connectivity index is 2.66. The third-order valence-corrected chi connectivity index (χ3v) is 1.10. The Morgan fingerprint density at radius 2 is 2.09 bits per heavy atom. The Bertz CT molecular complexity index is 221. The fourth-order valence-corrected chi connectivity index (χ4v) is 0.808. The number of pyridine rings is 1. The molecule has 60 valence electrons. The van der Waals surface area contributed by atoms with E-state index in [1.54, 1.807) is 18.3 Å². The zero-order valence-electron chi connectivity index (χ0n) is 5.30. The highest BCUT2D eigenvalue weighted by atomic mass is 35.6. The maximum Gasteiger partial charge on any atom is 0.338 e. The molecule has 0 aliphatic carbocycles. The number of hydrogen-bond acceptors (Lipinski definition) is 2. The molecular weight excluding hydrogens is 208 g/mol. The lowest BCUT2D eigenvalue weighted by molar-refractivity contribution is 0.319. The van der Waals surface area contributed by atoms with Crippen LogP contribution in [0.3, 0.4) is 0 Å². The maximum atomic E-state index is 5.35. The molecule has 0 atom stereocenters. The molecule has 0 bridgehead atoms. The molecule has 0 saturated carbocycles. The smallest absolute Gasteiger partial charge is 0.338 e. The fraction of sp³-hybridized carbons (Fsp3) is 0.167. The predicted octanol–water partition coefficient (Wildman–Crippen LogP) is 2.79. The van der Waals surface area contributed by atoms with Gasteiger partial charge in [0.1, 0.15) is 5.75 Å². The molecule has 1 aromatic rings. The Labute approximate surface area is 79.0 Å². The number of aromatic nitrogens is 1. The number of halogens is 3. The molecule has 0 N–H and O–H groups in total. The molecule has 0 unspecified atom stereocenters. The predicted molar refractivity (Wildman–Crippen MR) is 45.2 cm³/mol. The van der Waals surface area contributed by atoms with E-state index in [-0.39, 0.29) is 0 Å². The molecular formula is C6H4Cl3NO. The molecule has 1 heterocycles. The van der Waals surface area contributed by atoms with Gasteiger partial charge in [0.25, 0.3) is 0 Å². The van der Waals surface area contributed by atoms with Gasteiger partial charge in [-0.2, -0.15) is 0 Å². The van der Waals surface area contributed by atoms with E-state index in [0.717, 1.165) is 0 Å². The molecule has 0 fully saturated rings. The lowest BCUT2D eigenvalue weighted by atomic mass is 10.5. The summed E-state index contributed by atoms with van der Waals surface area (Å²) < 4.78 is 3.12. The first kappa shape index (κ1) is 8.91. The summed E-state index contributed by atoms with van der Waals surface area (Å²) in [5.41, 5.74) is 0. The topological polar surface area (TPSA) is 22.1 Å². The second kappa shape index (κ2) is 3.48. The van der Waals surface area contributed by atoms with Crippen LogP contribution in [-0.2, 0) is 0 Å². The van der Waals surface area contributed by atoms with Crippen LogP contribution < -0.4 is 4.74 Å². The van der Waals surface area contributed by atoms with Crippen LogP contribution in [0.2, 0.25) is 0 Å². The summed E-state index contributed by atoms with van der Waals surface area (Å²) in [7, 11) is 0. The van der Waals surface area contributed by atoms with Gasteiger partial charge in [0.05, 0.1) is 6.20 Å². The van der Waals surface area contributed by atoms with Gasteiger partial charge >= 0.3 is 3.98 Å². The van der Waals surface area contributed by atoms with Crippen molar-refractivity contribution in [2.75, 3.05) is 0 Å². The average Bonchev–Trinajstić information content (AvgIpc) is 1.85. The summed E-state index contributed by atoms with van der Waals surface area (Å²) >= 11 is 16.0. The average molecular weight is 212 g/mol. The molecule has 0 spiro atoms. The summed E-state index contributed by atoms with van der Waals surface area (Å²) in [6.45, 7) is 0. The van der Waals surface area contributed by atoms with Crippen molar-refractivity contribution in [1.82, 2.24) is 4.98 Å². The van der Waals surface area contributed by atoms with Crippen molar-refractivity contribution in [3.05, 3.63) is 24.5 Å². The van der Waals surface area contributed by atoms with Gasteiger partial charge in [-0.1, -0.05) is 0 Å². The van der Waals surface area contributed by atoms with Gasteiger partial charge < -0.3 is 4.74 Å². The van der Waals surface area contributed by atoms with E-state index in [0.29, 0.717) is 5.75 Å². The highest BCUT2D eigenvalue weighted by molar-refractivity contribution is 6.66. The van der Waals surface area contributed by atoms with Crippen LogP contribution >= 0.6 is 34.8 Å². The van der Waals surface area contributed by atoms with Gasteiger partial charge in [-0.3, -0.25) is 4.98 Å². The van der Waals surface area contributed by atoms with Gasteiger partial charge in [-0.15, -0.1) is 0 Å². The van der Waals surface area contributed by atoms with Crippen molar-refractivity contribution in [3.8, 4) is 5.75 Å². The quantitative estimate of drug-likeness (QED) is 0.668. The Morgan fingerprint density at radius 1 is 1.36 bits per heavy atom. The lowest BCUT2D eigenvalue weighted by Gasteiger charge is -2.12. The molecule has 11 heavy (non-hydrogen) atoms. The van der Waals surface area contributed by atoms with Gasteiger partial charge in [0.15, 0.2) is 0 Å². The molecule has 5 heteroatoms. The van der Waals surface area contributed by atoms with Crippen LogP contribution in [0.25, 0.3) is 0 Å². The second-order valence-electron chi connectivity index (χ2n) is 1.74. The molecule has 0 aromatic carbocycles. The zero-order chi connectivity index (χ0) is 8.32. The van der Waals surface area contributed by atoms with E-state index in [1.807, 2.05) is 0 Å². The summed E-state index contributed by atoms with van der Waals surface area (Å²) in [6, 6.07) is 3.33. The van der Waals surface area contributed by atoms with E-state index >= 15 is 0 Å². The molecule has 0 amide bonds. The van der Waals surface area contributed by atoms with E-state index < -0.39 is 3.98 Å². The van der Waals surface area contributed by atoms with Crippen LogP contribution in [0.1, 0.15) is 0 Å². The summed E-state index contributed by atoms with van der Waals surface area (Å²) in [5, 5.41) is 0. The third kappa shape index (κ3) is 3.65. The number of alkyl halides is 3. The SMILES string of the molecule is ClC(Cl)(Cl)Oc1cccnc1. The van der Waals surface area contributed by atoms with Gasteiger partial charge in [0, 0.05) is 6.20 Å². The first-order valence-corrected chi connectivity index (χ1v) is 3.87.